The monoisotopic (exact) mass is 196 g/mol. The molecule has 0 radical (unpaired) electrons. The molecular weight excluding hydrogens is 180 g/mol. The second-order valence-electron chi connectivity index (χ2n) is 3.23. The molecule has 0 spiro atoms. The minimum Gasteiger partial charge on any atom is -0.481 e. The zero-order chi connectivity index (χ0) is 10.7. The Balaban J connectivity index is 3.06. The molecule has 4 nitrogen and oxygen atoms in total. The van der Waals surface area contributed by atoms with E-state index in [1.807, 2.05) is 20.0 Å². The molecule has 1 heterocycles. The Hall–Kier alpha value is -1.29. The molecular formula is C10H16N2O2. The van der Waals surface area contributed by atoms with Crippen LogP contribution in [0.25, 0.3) is 6.08 Å². The molecule has 1 atom stereocenters. The molecule has 0 amide bonds. The summed E-state index contributed by atoms with van der Waals surface area (Å²) in [5.41, 5.74) is 1.80. The van der Waals surface area contributed by atoms with Gasteiger partial charge in [0.15, 0.2) is 0 Å². The van der Waals surface area contributed by atoms with Crippen molar-refractivity contribution in [1.29, 1.82) is 0 Å². The van der Waals surface area contributed by atoms with Crippen LogP contribution in [0.5, 0.6) is 5.88 Å². The molecule has 0 aliphatic heterocycles. The van der Waals surface area contributed by atoms with Crippen LogP contribution in [0.2, 0.25) is 0 Å². The van der Waals surface area contributed by atoms with Crippen molar-refractivity contribution < 1.29 is 9.84 Å². The van der Waals surface area contributed by atoms with Gasteiger partial charge in [-0.25, -0.2) is 4.68 Å². The van der Waals surface area contributed by atoms with Crippen LogP contribution in [0, 0.1) is 6.92 Å². The SMILES string of the molecule is COc1c(/C=C/C(C)O)c(C)nn1C. The maximum Gasteiger partial charge on any atom is 0.218 e. The van der Waals surface area contributed by atoms with E-state index in [0.29, 0.717) is 5.88 Å². The Morgan fingerprint density at radius 2 is 2.21 bits per heavy atom. The van der Waals surface area contributed by atoms with E-state index in [0.717, 1.165) is 11.3 Å². The number of aryl methyl sites for hydroxylation is 2. The predicted octanol–water partition coefficient (Wildman–Crippen LogP) is 1.13. The zero-order valence-corrected chi connectivity index (χ0v) is 8.98. The van der Waals surface area contributed by atoms with E-state index in [1.165, 1.54) is 0 Å². The summed E-state index contributed by atoms with van der Waals surface area (Å²) in [5, 5.41) is 13.3. The summed E-state index contributed by atoms with van der Waals surface area (Å²) in [6, 6.07) is 0. The molecule has 4 heteroatoms. The number of aliphatic hydroxyl groups excluding tert-OH is 1. The van der Waals surface area contributed by atoms with Gasteiger partial charge in [-0.2, -0.15) is 5.10 Å². The standard InChI is InChI=1S/C10H16N2O2/c1-7(13)5-6-9-8(2)11-12(3)10(9)14-4/h5-7,13H,1-4H3/b6-5+. The lowest BCUT2D eigenvalue weighted by atomic mass is 10.2. The lowest BCUT2D eigenvalue weighted by Crippen LogP contribution is -1.96. The van der Waals surface area contributed by atoms with E-state index >= 15 is 0 Å². The highest BCUT2D eigenvalue weighted by Gasteiger charge is 2.10. The minimum atomic E-state index is -0.459. The molecule has 1 rings (SSSR count). The maximum absolute atomic E-state index is 9.12. The summed E-state index contributed by atoms with van der Waals surface area (Å²) in [6.45, 7) is 3.61. The van der Waals surface area contributed by atoms with Crippen LogP contribution in [-0.2, 0) is 7.05 Å². The third-order valence-corrected chi connectivity index (χ3v) is 1.95. The number of ether oxygens (including phenoxy) is 1. The van der Waals surface area contributed by atoms with E-state index in [-0.39, 0.29) is 0 Å². The maximum atomic E-state index is 9.12. The van der Waals surface area contributed by atoms with Crippen molar-refractivity contribution in [2.45, 2.75) is 20.0 Å². The Labute approximate surface area is 83.8 Å². The van der Waals surface area contributed by atoms with Crippen molar-refractivity contribution in [2.75, 3.05) is 7.11 Å². The fourth-order valence-electron chi connectivity index (χ4n) is 1.32. The topological polar surface area (TPSA) is 47.3 Å². The molecule has 14 heavy (non-hydrogen) atoms. The van der Waals surface area contributed by atoms with Crippen molar-refractivity contribution in [3.63, 3.8) is 0 Å². The second kappa shape index (κ2) is 4.28. The van der Waals surface area contributed by atoms with Gasteiger partial charge in [0.05, 0.1) is 24.5 Å². The van der Waals surface area contributed by atoms with Gasteiger partial charge in [0.2, 0.25) is 5.88 Å². The highest BCUT2D eigenvalue weighted by atomic mass is 16.5. The Bertz CT molecular complexity index is 340. The van der Waals surface area contributed by atoms with Crippen LogP contribution < -0.4 is 4.74 Å². The van der Waals surface area contributed by atoms with E-state index in [9.17, 15) is 0 Å². The average molecular weight is 196 g/mol. The van der Waals surface area contributed by atoms with Crippen molar-refractivity contribution in [2.24, 2.45) is 7.05 Å². The van der Waals surface area contributed by atoms with Crippen LogP contribution >= 0.6 is 0 Å². The summed E-state index contributed by atoms with van der Waals surface area (Å²) >= 11 is 0. The molecule has 1 aromatic heterocycles. The van der Waals surface area contributed by atoms with E-state index < -0.39 is 6.10 Å². The van der Waals surface area contributed by atoms with Crippen LogP contribution in [0.15, 0.2) is 6.08 Å². The normalized spacial score (nSPS) is 13.5. The molecule has 0 fully saturated rings. The number of methoxy groups -OCH3 is 1. The largest absolute Gasteiger partial charge is 0.481 e. The number of hydrogen-bond donors (Lipinski definition) is 1. The number of aromatic nitrogens is 2. The molecule has 78 valence electrons. The first kappa shape index (κ1) is 10.8. The van der Waals surface area contributed by atoms with Crippen molar-refractivity contribution in [1.82, 2.24) is 9.78 Å². The summed E-state index contributed by atoms with van der Waals surface area (Å²) in [6.07, 6.45) is 3.07. The van der Waals surface area contributed by atoms with Crippen molar-refractivity contribution >= 4 is 6.08 Å². The molecule has 0 aliphatic carbocycles. The highest BCUT2D eigenvalue weighted by molar-refractivity contribution is 5.58. The predicted molar refractivity (Wildman–Crippen MR) is 55.2 cm³/mol. The number of nitrogens with zero attached hydrogens (tertiary/aromatic N) is 2. The average Bonchev–Trinajstić information content (AvgIpc) is 2.36. The second-order valence-corrected chi connectivity index (χ2v) is 3.23. The third kappa shape index (κ3) is 2.14. The fourth-order valence-corrected chi connectivity index (χ4v) is 1.32. The Morgan fingerprint density at radius 1 is 1.57 bits per heavy atom. The molecule has 1 N–H and O–H groups in total. The van der Waals surface area contributed by atoms with E-state index in [4.69, 9.17) is 9.84 Å². The number of hydrogen-bond acceptors (Lipinski definition) is 3. The quantitative estimate of drug-likeness (QED) is 0.788. The van der Waals surface area contributed by atoms with Gasteiger partial charge in [0.1, 0.15) is 0 Å². The van der Waals surface area contributed by atoms with Gasteiger partial charge in [-0.05, 0) is 19.9 Å². The fraction of sp³-hybridized carbons (Fsp3) is 0.500. The van der Waals surface area contributed by atoms with Gasteiger partial charge >= 0.3 is 0 Å². The summed E-state index contributed by atoms with van der Waals surface area (Å²) in [7, 11) is 3.43. The Kier molecular flexibility index (Phi) is 3.30. The zero-order valence-electron chi connectivity index (χ0n) is 8.98. The van der Waals surface area contributed by atoms with Crippen LogP contribution in [-0.4, -0.2) is 28.1 Å². The van der Waals surface area contributed by atoms with Crippen LogP contribution in [0.1, 0.15) is 18.2 Å². The van der Waals surface area contributed by atoms with Crippen LogP contribution in [0.3, 0.4) is 0 Å². The third-order valence-electron chi connectivity index (χ3n) is 1.95. The summed E-state index contributed by atoms with van der Waals surface area (Å²) in [5.74, 6) is 0.708. The molecule has 1 unspecified atom stereocenters. The molecule has 1 aromatic rings. The first-order valence-electron chi connectivity index (χ1n) is 4.50. The van der Waals surface area contributed by atoms with Gasteiger partial charge < -0.3 is 9.84 Å². The highest BCUT2D eigenvalue weighted by Crippen LogP contribution is 2.22. The number of aliphatic hydroxyl groups is 1. The van der Waals surface area contributed by atoms with Crippen molar-refractivity contribution in [3.05, 3.63) is 17.3 Å². The molecule has 0 aromatic carbocycles. The lowest BCUT2D eigenvalue weighted by Gasteiger charge is -2.01. The van der Waals surface area contributed by atoms with E-state index in [2.05, 4.69) is 5.10 Å². The summed E-state index contributed by atoms with van der Waals surface area (Å²) in [4.78, 5) is 0. The van der Waals surface area contributed by atoms with Gasteiger partial charge in [0, 0.05) is 7.05 Å². The van der Waals surface area contributed by atoms with Crippen molar-refractivity contribution in [3.8, 4) is 5.88 Å². The van der Waals surface area contributed by atoms with Gasteiger partial charge in [-0.1, -0.05) is 6.08 Å². The number of rotatable bonds is 3. The Morgan fingerprint density at radius 3 is 2.71 bits per heavy atom. The molecule has 0 bridgehead atoms. The summed E-state index contributed by atoms with van der Waals surface area (Å²) < 4.78 is 6.87. The smallest absolute Gasteiger partial charge is 0.218 e. The van der Waals surface area contributed by atoms with E-state index in [1.54, 1.807) is 24.8 Å². The lowest BCUT2D eigenvalue weighted by molar-refractivity contribution is 0.245. The molecule has 0 aliphatic rings. The first-order chi connectivity index (χ1) is 6.56. The first-order valence-corrected chi connectivity index (χ1v) is 4.50. The van der Waals surface area contributed by atoms with Gasteiger partial charge in [-0.15, -0.1) is 0 Å². The minimum absolute atomic E-state index is 0.459. The van der Waals surface area contributed by atoms with Gasteiger partial charge in [-0.3, -0.25) is 0 Å². The van der Waals surface area contributed by atoms with Crippen LogP contribution in [0.4, 0.5) is 0 Å². The molecule has 0 saturated heterocycles. The molecule has 0 saturated carbocycles. The van der Waals surface area contributed by atoms with Gasteiger partial charge in [0.25, 0.3) is 0 Å².